The van der Waals surface area contributed by atoms with E-state index in [0.29, 0.717) is 59.9 Å². The first-order chi connectivity index (χ1) is 17.3. The number of methoxy groups -OCH3 is 1. The molecule has 0 aliphatic carbocycles. The quantitative estimate of drug-likeness (QED) is 0.274. The van der Waals surface area contributed by atoms with Gasteiger partial charge in [-0.2, -0.15) is 0 Å². The van der Waals surface area contributed by atoms with E-state index < -0.39 is 0 Å². The molecule has 0 bridgehead atoms. The second kappa shape index (κ2) is 10.5. The minimum atomic E-state index is -0.286. The smallest absolute Gasteiger partial charge is 0.261 e. The number of nitrogens with zero attached hydrogens (tertiary/aromatic N) is 2. The summed E-state index contributed by atoms with van der Waals surface area (Å²) in [5, 5.41) is 0. The highest BCUT2D eigenvalue weighted by Crippen LogP contribution is 2.32. The van der Waals surface area contributed by atoms with Gasteiger partial charge in [0.25, 0.3) is 17.7 Å². The molecule has 0 unspecified atom stereocenters. The lowest BCUT2D eigenvalue weighted by Gasteiger charge is -2.22. The van der Waals surface area contributed by atoms with Crippen molar-refractivity contribution in [1.82, 2.24) is 4.90 Å². The van der Waals surface area contributed by atoms with Gasteiger partial charge >= 0.3 is 0 Å². The summed E-state index contributed by atoms with van der Waals surface area (Å²) < 4.78 is 11.3. The van der Waals surface area contributed by atoms with Gasteiger partial charge in [-0.25, -0.2) is 0 Å². The largest absolute Gasteiger partial charge is 0.495 e. The van der Waals surface area contributed by atoms with Crippen LogP contribution in [0.3, 0.4) is 0 Å². The molecule has 2 N–H and O–H groups in total. The number of imide groups is 1. The molecule has 3 amide bonds. The molecule has 8 heteroatoms. The molecule has 36 heavy (non-hydrogen) atoms. The lowest BCUT2D eigenvalue weighted by atomic mass is 10.1. The van der Waals surface area contributed by atoms with Crippen molar-refractivity contribution in [1.29, 1.82) is 0 Å². The Bertz CT molecular complexity index is 1290. The van der Waals surface area contributed by atoms with Crippen molar-refractivity contribution < 1.29 is 23.9 Å². The minimum Gasteiger partial charge on any atom is -0.495 e. The van der Waals surface area contributed by atoms with E-state index in [9.17, 15) is 14.4 Å². The number of benzene rings is 3. The molecule has 0 fully saturated rings. The predicted molar refractivity (Wildman–Crippen MR) is 138 cm³/mol. The SMILES string of the molecule is COc1cccc(C(=O)N(C)c2ccc(C)cc2OCCCCN2C(=O)c3ccccc3C2=O)c1N. The normalized spacial score (nSPS) is 12.5. The predicted octanol–water partition coefficient (Wildman–Crippen LogP) is 4.32. The van der Waals surface area contributed by atoms with Crippen LogP contribution in [-0.2, 0) is 0 Å². The number of hydrogen-bond donors (Lipinski definition) is 1. The van der Waals surface area contributed by atoms with Crippen LogP contribution in [0, 0.1) is 6.92 Å². The number of anilines is 2. The number of carbonyl (C=O) groups is 3. The first kappa shape index (κ1) is 24.8. The van der Waals surface area contributed by atoms with E-state index in [1.54, 1.807) is 49.5 Å². The third-order valence-electron chi connectivity index (χ3n) is 6.21. The molecule has 3 aromatic carbocycles. The van der Waals surface area contributed by atoms with E-state index in [2.05, 4.69) is 0 Å². The van der Waals surface area contributed by atoms with Gasteiger partial charge in [-0.15, -0.1) is 0 Å². The van der Waals surface area contributed by atoms with E-state index in [0.717, 1.165) is 5.56 Å². The highest BCUT2D eigenvalue weighted by molar-refractivity contribution is 6.21. The van der Waals surface area contributed by atoms with Crippen molar-refractivity contribution in [2.75, 3.05) is 37.9 Å². The molecule has 0 aromatic heterocycles. The number of amides is 3. The monoisotopic (exact) mass is 487 g/mol. The maximum atomic E-state index is 13.2. The highest BCUT2D eigenvalue weighted by Gasteiger charge is 2.34. The summed E-state index contributed by atoms with van der Waals surface area (Å²) in [5.74, 6) is 0.204. The van der Waals surface area contributed by atoms with Gasteiger partial charge in [0.15, 0.2) is 0 Å². The van der Waals surface area contributed by atoms with Crippen molar-refractivity contribution >= 4 is 29.1 Å². The lowest BCUT2D eigenvalue weighted by Crippen LogP contribution is -2.31. The van der Waals surface area contributed by atoms with Crippen LogP contribution in [0.4, 0.5) is 11.4 Å². The topological polar surface area (TPSA) is 102 Å². The molecule has 1 aliphatic rings. The van der Waals surface area contributed by atoms with E-state index in [1.807, 2.05) is 25.1 Å². The van der Waals surface area contributed by atoms with Crippen molar-refractivity contribution in [3.8, 4) is 11.5 Å². The molecular weight excluding hydrogens is 458 g/mol. The molecule has 0 atom stereocenters. The van der Waals surface area contributed by atoms with Crippen LogP contribution in [0.1, 0.15) is 49.5 Å². The molecule has 186 valence electrons. The van der Waals surface area contributed by atoms with Gasteiger partial charge < -0.3 is 20.1 Å². The fourth-order valence-corrected chi connectivity index (χ4v) is 4.21. The Labute approximate surface area is 210 Å². The van der Waals surface area contributed by atoms with Gasteiger partial charge in [-0.1, -0.05) is 24.3 Å². The lowest BCUT2D eigenvalue weighted by molar-refractivity contribution is 0.0649. The van der Waals surface area contributed by atoms with E-state index in [-0.39, 0.29) is 23.4 Å². The third kappa shape index (κ3) is 4.75. The Morgan fingerprint density at radius 2 is 1.64 bits per heavy atom. The number of ether oxygens (including phenoxy) is 2. The Balaban J connectivity index is 1.38. The molecule has 4 rings (SSSR count). The van der Waals surface area contributed by atoms with Crippen LogP contribution in [0.25, 0.3) is 0 Å². The van der Waals surface area contributed by atoms with E-state index >= 15 is 0 Å². The molecule has 1 aliphatic heterocycles. The van der Waals surface area contributed by atoms with Gasteiger partial charge in [-0.3, -0.25) is 19.3 Å². The Morgan fingerprint density at radius 1 is 0.944 bits per heavy atom. The van der Waals surface area contributed by atoms with Crippen molar-refractivity contribution in [3.05, 3.63) is 82.9 Å². The van der Waals surface area contributed by atoms with E-state index in [4.69, 9.17) is 15.2 Å². The van der Waals surface area contributed by atoms with Gasteiger partial charge in [0.2, 0.25) is 0 Å². The summed E-state index contributed by atoms with van der Waals surface area (Å²) in [6.45, 7) is 2.63. The average Bonchev–Trinajstić information content (AvgIpc) is 3.13. The Hall–Kier alpha value is -4.33. The molecule has 0 spiro atoms. The molecule has 8 nitrogen and oxygen atoms in total. The van der Waals surface area contributed by atoms with Gasteiger partial charge in [-0.05, 0) is 61.7 Å². The number of rotatable bonds is 9. The Morgan fingerprint density at radius 3 is 2.31 bits per heavy atom. The number of nitrogens with two attached hydrogens (primary N) is 1. The van der Waals surface area contributed by atoms with Crippen molar-refractivity contribution in [3.63, 3.8) is 0 Å². The van der Waals surface area contributed by atoms with Crippen LogP contribution in [0.15, 0.2) is 60.7 Å². The summed E-state index contributed by atoms with van der Waals surface area (Å²) >= 11 is 0. The second-order valence-corrected chi connectivity index (χ2v) is 8.62. The first-order valence-corrected chi connectivity index (χ1v) is 11.7. The van der Waals surface area contributed by atoms with Gasteiger partial charge in [0, 0.05) is 13.6 Å². The summed E-state index contributed by atoms with van der Waals surface area (Å²) in [4.78, 5) is 41.0. The number of para-hydroxylation sites is 1. The molecule has 0 saturated heterocycles. The van der Waals surface area contributed by atoms with Gasteiger partial charge in [0.05, 0.1) is 41.8 Å². The molecule has 3 aromatic rings. The zero-order chi connectivity index (χ0) is 25.8. The minimum absolute atomic E-state index is 0.255. The van der Waals surface area contributed by atoms with Crippen molar-refractivity contribution in [2.45, 2.75) is 19.8 Å². The van der Waals surface area contributed by atoms with Crippen LogP contribution in [-0.4, -0.2) is 49.9 Å². The number of unbranched alkanes of at least 4 members (excludes halogenated alkanes) is 1. The number of fused-ring (bicyclic) bond motifs is 1. The maximum Gasteiger partial charge on any atom is 0.261 e. The maximum absolute atomic E-state index is 13.2. The molecule has 0 radical (unpaired) electrons. The third-order valence-corrected chi connectivity index (χ3v) is 6.21. The fraction of sp³-hybridized carbons (Fsp3) is 0.250. The van der Waals surface area contributed by atoms with Crippen LogP contribution < -0.4 is 20.1 Å². The standard InChI is InChI=1S/C28H29N3O5/c1-18-13-14-22(30(2)26(32)21-11-8-12-23(35-3)25(21)29)24(17-18)36-16-7-6-15-31-27(33)19-9-4-5-10-20(19)28(31)34/h4-5,8-14,17H,6-7,15-16,29H2,1-3H3. The zero-order valence-electron chi connectivity index (χ0n) is 20.6. The van der Waals surface area contributed by atoms with Crippen LogP contribution in [0.2, 0.25) is 0 Å². The summed E-state index contributed by atoms with van der Waals surface area (Å²) in [5.41, 5.74) is 9.24. The fourth-order valence-electron chi connectivity index (χ4n) is 4.21. The molecule has 1 heterocycles. The molecular formula is C28H29N3O5. The highest BCUT2D eigenvalue weighted by atomic mass is 16.5. The number of aryl methyl sites for hydroxylation is 1. The number of carbonyl (C=O) groups excluding carboxylic acids is 3. The summed E-state index contributed by atoms with van der Waals surface area (Å²) in [7, 11) is 3.17. The zero-order valence-corrected chi connectivity index (χ0v) is 20.6. The average molecular weight is 488 g/mol. The van der Waals surface area contributed by atoms with Crippen LogP contribution in [0.5, 0.6) is 11.5 Å². The first-order valence-electron chi connectivity index (χ1n) is 11.7. The molecule has 0 saturated carbocycles. The number of nitrogen functional groups attached to an aromatic ring is 1. The van der Waals surface area contributed by atoms with Crippen molar-refractivity contribution in [2.24, 2.45) is 0 Å². The van der Waals surface area contributed by atoms with E-state index in [1.165, 1.54) is 16.9 Å². The Kier molecular flexibility index (Phi) is 7.24. The van der Waals surface area contributed by atoms with Crippen LogP contribution >= 0.6 is 0 Å². The second-order valence-electron chi connectivity index (χ2n) is 8.62. The van der Waals surface area contributed by atoms with Gasteiger partial charge in [0.1, 0.15) is 11.5 Å². The summed E-state index contributed by atoms with van der Waals surface area (Å²) in [6.07, 6.45) is 1.23. The summed E-state index contributed by atoms with van der Waals surface area (Å²) in [6, 6.07) is 17.6. The number of hydrogen-bond acceptors (Lipinski definition) is 6.